The maximum absolute atomic E-state index is 12.4. The summed E-state index contributed by atoms with van der Waals surface area (Å²) in [5, 5.41) is 5.00. The van der Waals surface area contributed by atoms with Crippen LogP contribution in [-0.4, -0.2) is 24.5 Å². The molecular formula is C14H13N3O2S. The van der Waals surface area contributed by atoms with Gasteiger partial charge in [0, 0.05) is 17.5 Å². The van der Waals surface area contributed by atoms with E-state index in [0.29, 0.717) is 5.88 Å². The van der Waals surface area contributed by atoms with Gasteiger partial charge in [0.25, 0.3) is 5.91 Å². The van der Waals surface area contributed by atoms with E-state index in [1.54, 1.807) is 24.5 Å². The van der Waals surface area contributed by atoms with Crippen LogP contribution in [0.2, 0.25) is 0 Å². The second-order valence-corrected chi connectivity index (χ2v) is 5.86. The molecule has 0 saturated carbocycles. The summed E-state index contributed by atoms with van der Waals surface area (Å²) in [6.45, 7) is 0.804. The van der Waals surface area contributed by atoms with Crippen LogP contribution in [0.3, 0.4) is 0 Å². The van der Waals surface area contributed by atoms with Crippen LogP contribution in [0.25, 0.3) is 0 Å². The lowest BCUT2D eigenvalue weighted by molar-refractivity contribution is -0.118. The molecule has 1 N–H and O–H groups in total. The largest absolute Gasteiger partial charge is 0.481 e. The Morgan fingerprint density at radius 2 is 2.35 bits per heavy atom. The molecule has 20 heavy (non-hydrogen) atoms. The highest BCUT2D eigenvalue weighted by Gasteiger charge is 2.39. The smallest absolute Gasteiger partial charge is 0.251 e. The highest BCUT2D eigenvalue weighted by atomic mass is 32.1. The lowest BCUT2D eigenvalue weighted by Crippen LogP contribution is -2.45. The van der Waals surface area contributed by atoms with Gasteiger partial charge in [-0.1, -0.05) is 0 Å². The summed E-state index contributed by atoms with van der Waals surface area (Å²) in [5.74, 6) is 1.38. The molecule has 5 nitrogen and oxygen atoms in total. The van der Waals surface area contributed by atoms with Crippen molar-refractivity contribution in [2.45, 2.75) is 12.5 Å². The summed E-state index contributed by atoms with van der Waals surface area (Å²) < 4.78 is 5.19. The fourth-order valence-electron chi connectivity index (χ4n) is 2.89. The first kappa shape index (κ1) is 11.7. The van der Waals surface area contributed by atoms with Crippen LogP contribution in [0.15, 0.2) is 23.6 Å². The Labute approximate surface area is 120 Å². The number of aromatic nitrogens is 1. The molecule has 102 valence electrons. The van der Waals surface area contributed by atoms with Gasteiger partial charge in [0.15, 0.2) is 5.82 Å². The van der Waals surface area contributed by atoms with Crippen molar-refractivity contribution in [2.24, 2.45) is 0 Å². The molecule has 1 amide bonds. The monoisotopic (exact) mass is 287 g/mol. The highest BCUT2D eigenvalue weighted by Crippen LogP contribution is 2.42. The fraction of sp³-hybridized carbons (Fsp3) is 0.286. The molecule has 0 radical (unpaired) electrons. The predicted molar refractivity (Wildman–Crippen MR) is 77.5 cm³/mol. The number of nitrogens with one attached hydrogen (secondary N) is 1. The molecule has 4 heterocycles. The van der Waals surface area contributed by atoms with Gasteiger partial charge < -0.3 is 15.0 Å². The number of fused-ring (bicyclic) bond motifs is 5. The molecule has 0 aliphatic carbocycles. The maximum Gasteiger partial charge on any atom is 0.251 e. The molecule has 4 rings (SSSR count). The van der Waals surface area contributed by atoms with Crippen molar-refractivity contribution < 1.29 is 9.53 Å². The van der Waals surface area contributed by atoms with E-state index in [9.17, 15) is 4.79 Å². The zero-order valence-corrected chi connectivity index (χ0v) is 11.7. The second kappa shape index (κ2) is 4.21. The molecule has 2 aromatic heterocycles. The molecule has 6 heteroatoms. The van der Waals surface area contributed by atoms with Crippen molar-refractivity contribution in [3.05, 3.63) is 34.0 Å². The number of hydrogen-bond acceptors (Lipinski definition) is 5. The van der Waals surface area contributed by atoms with Gasteiger partial charge >= 0.3 is 0 Å². The van der Waals surface area contributed by atoms with E-state index < -0.39 is 0 Å². The van der Waals surface area contributed by atoms with Gasteiger partial charge in [-0.15, -0.1) is 11.3 Å². The van der Waals surface area contributed by atoms with E-state index in [4.69, 9.17) is 4.74 Å². The Bertz CT molecular complexity index is 697. The lowest BCUT2D eigenvalue weighted by atomic mass is 9.97. The molecule has 0 bridgehead atoms. The molecule has 2 aliphatic heterocycles. The highest BCUT2D eigenvalue weighted by molar-refractivity contribution is 7.10. The van der Waals surface area contributed by atoms with E-state index in [1.807, 2.05) is 12.1 Å². The van der Waals surface area contributed by atoms with Crippen LogP contribution in [-0.2, 0) is 11.2 Å². The number of thiophene rings is 1. The number of rotatable bonds is 1. The van der Waals surface area contributed by atoms with Gasteiger partial charge in [-0.3, -0.25) is 4.79 Å². The Hall–Kier alpha value is -2.08. The summed E-state index contributed by atoms with van der Waals surface area (Å²) >= 11 is 1.72. The lowest BCUT2D eigenvalue weighted by Gasteiger charge is -2.40. The Morgan fingerprint density at radius 1 is 1.45 bits per heavy atom. The maximum atomic E-state index is 12.4. The minimum absolute atomic E-state index is 0.0174. The normalized spacial score (nSPS) is 19.8. The van der Waals surface area contributed by atoms with Gasteiger partial charge in [0.1, 0.15) is 6.04 Å². The minimum atomic E-state index is -0.267. The van der Waals surface area contributed by atoms with Crippen LogP contribution in [0.5, 0.6) is 5.88 Å². The first-order valence-electron chi connectivity index (χ1n) is 6.47. The van der Waals surface area contributed by atoms with Gasteiger partial charge in [-0.25, -0.2) is 0 Å². The first-order chi connectivity index (χ1) is 9.78. The topological polar surface area (TPSA) is 54.5 Å². The third-order valence-electron chi connectivity index (χ3n) is 3.80. The van der Waals surface area contributed by atoms with Crippen molar-refractivity contribution >= 4 is 28.7 Å². The molecular weight excluding hydrogens is 274 g/mol. The molecule has 1 unspecified atom stereocenters. The average Bonchev–Trinajstić information content (AvgIpc) is 2.95. The summed E-state index contributed by atoms with van der Waals surface area (Å²) in [7, 11) is 1.60. The van der Waals surface area contributed by atoms with E-state index in [1.165, 1.54) is 4.88 Å². The molecule has 0 fully saturated rings. The molecule has 0 spiro atoms. The molecule has 0 saturated heterocycles. The van der Waals surface area contributed by atoms with Crippen LogP contribution in [0.1, 0.15) is 16.5 Å². The molecule has 1 atom stereocenters. The van der Waals surface area contributed by atoms with Crippen molar-refractivity contribution in [1.29, 1.82) is 0 Å². The fourth-order valence-corrected chi connectivity index (χ4v) is 3.79. The number of methoxy groups -OCH3 is 1. The summed E-state index contributed by atoms with van der Waals surface area (Å²) in [6.07, 6.45) is 0.953. The molecule has 2 aliphatic rings. The van der Waals surface area contributed by atoms with Crippen molar-refractivity contribution in [3.8, 4) is 5.88 Å². The zero-order chi connectivity index (χ0) is 13.7. The van der Waals surface area contributed by atoms with Crippen LogP contribution in [0, 0.1) is 0 Å². The Balaban J connectivity index is 1.86. The Morgan fingerprint density at radius 3 is 3.20 bits per heavy atom. The van der Waals surface area contributed by atoms with E-state index in [0.717, 1.165) is 30.0 Å². The number of carbonyl (C=O) groups is 1. The number of pyridine rings is 1. The second-order valence-electron chi connectivity index (χ2n) is 4.86. The number of amides is 1. The van der Waals surface area contributed by atoms with Crippen LogP contribution < -0.4 is 15.0 Å². The SMILES string of the molecule is COc1ccc2c(n1)N1CCc3sccc3C1C(=O)N2. The number of nitrogens with zero attached hydrogens (tertiary/aromatic N) is 2. The van der Waals surface area contributed by atoms with E-state index in [2.05, 4.69) is 20.6 Å². The van der Waals surface area contributed by atoms with E-state index >= 15 is 0 Å². The number of hydrogen-bond donors (Lipinski definition) is 1. The molecule has 2 aromatic rings. The van der Waals surface area contributed by atoms with Crippen molar-refractivity contribution in [1.82, 2.24) is 4.98 Å². The third kappa shape index (κ3) is 1.54. The van der Waals surface area contributed by atoms with Crippen molar-refractivity contribution in [3.63, 3.8) is 0 Å². The zero-order valence-electron chi connectivity index (χ0n) is 10.9. The number of carbonyl (C=O) groups excluding carboxylic acids is 1. The average molecular weight is 287 g/mol. The van der Waals surface area contributed by atoms with Crippen LogP contribution >= 0.6 is 11.3 Å². The Kier molecular flexibility index (Phi) is 2.47. The van der Waals surface area contributed by atoms with Gasteiger partial charge in [0.05, 0.1) is 12.8 Å². The number of anilines is 2. The predicted octanol–water partition coefficient (Wildman–Crippen LogP) is 2.21. The third-order valence-corrected chi connectivity index (χ3v) is 4.80. The van der Waals surface area contributed by atoms with Gasteiger partial charge in [-0.05, 0) is 29.5 Å². The first-order valence-corrected chi connectivity index (χ1v) is 7.34. The van der Waals surface area contributed by atoms with Gasteiger partial charge in [0.2, 0.25) is 5.88 Å². The minimum Gasteiger partial charge on any atom is -0.481 e. The summed E-state index contributed by atoms with van der Waals surface area (Å²) in [5.41, 5.74) is 1.86. The van der Waals surface area contributed by atoms with Crippen LogP contribution in [0.4, 0.5) is 11.5 Å². The van der Waals surface area contributed by atoms with E-state index in [-0.39, 0.29) is 11.9 Å². The summed E-state index contributed by atoms with van der Waals surface area (Å²) in [6, 6.07) is 5.39. The summed E-state index contributed by atoms with van der Waals surface area (Å²) in [4.78, 5) is 20.3. The molecule has 0 aromatic carbocycles. The number of ether oxygens (including phenoxy) is 1. The standard InChI is InChI=1S/C14H13N3O2S/c1-19-11-3-2-9-13(16-11)17-6-4-10-8(5-7-20-10)12(17)14(18)15-9/h2-3,5,7,12H,4,6H2,1H3,(H,15,18). The van der Waals surface area contributed by atoms with Crippen molar-refractivity contribution in [2.75, 3.05) is 23.9 Å². The quantitative estimate of drug-likeness (QED) is 0.873. The van der Waals surface area contributed by atoms with Gasteiger partial charge in [-0.2, -0.15) is 4.98 Å².